The Bertz CT molecular complexity index is 1260. The normalized spacial score (nSPS) is 38.9. The summed E-state index contributed by atoms with van der Waals surface area (Å²) in [5.74, 6) is 0.890. The van der Waals surface area contributed by atoms with Gasteiger partial charge in [0.15, 0.2) is 0 Å². The van der Waals surface area contributed by atoms with Crippen molar-refractivity contribution in [3.63, 3.8) is 0 Å². The maximum Gasteiger partial charge on any atom is 0.407 e. The summed E-state index contributed by atoms with van der Waals surface area (Å²) in [5.41, 5.74) is 1.06. The fourth-order valence-electron chi connectivity index (χ4n) is 9.40. The number of hydrogen-bond donors (Lipinski definition) is 2. The van der Waals surface area contributed by atoms with Crippen LogP contribution in [0.3, 0.4) is 0 Å². The van der Waals surface area contributed by atoms with Crippen molar-refractivity contribution in [1.29, 1.82) is 0 Å². The minimum Gasteiger partial charge on any atom is -0.442 e. The number of rotatable bonds is 5. The molecular weight excluding hydrogens is 522 g/mol. The zero-order valence-electron chi connectivity index (χ0n) is 24.7. The lowest BCUT2D eigenvalue weighted by Crippen LogP contribution is -2.60. The number of fused-ring (bicyclic) bond motifs is 5. The molecule has 1 aromatic rings. The van der Waals surface area contributed by atoms with Crippen LogP contribution in [0.4, 0.5) is 4.79 Å². The first kappa shape index (κ1) is 28.5. The topological polar surface area (TPSA) is 112 Å². The fraction of sp³-hybridized carbons (Fsp3) is 0.719. The van der Waals surface area contributed by atoms with Crippen molar-refractivity contribution in [3.8, 4) is 0 Å². The average molecular weight is 568 g/mol. The van der Waals surface area contributed by atoms with E-state index in [1.807, 2.05) is 18.0 Å². The number of nitrogens with zero attached hydrogens (tertiary/aromatic N) is 2. The number of ether oxygens (including phenoxy) is 1. The Morgan fingerprint density at radius 3 is 2.68 bits per heavy atom. The molecule has 4 aliphatic carbocycles. The number of carbonyl (C=O) groups excluding carboxylic acids is 2. The van der Waals surface area contributed by atoms with Gasteiger partial charge in [0.05, 0.1) is 18.4 Å². The first-order valence-corrected chi connectivity index (χ1v) is 15.5. The highest BCUT2D eigenvalue weighted by Crippen LogP contribution is 2.70. The SMILES string of the molecule is CN1CCN(CCNC(=O)O[C@@H]2C=C3CC[C@@H]4[C@H](CC[C@]5(C)[C@@H](c6ccc(=O)oc6)CC[C@]45O)[C@@]3(C)CC2)C(=O)C1. The van der Waals surface area contributed by atoms with Crippen LogP contribution in [-0.4, -0.2) is 78.4 Å². The van der Waals surface area contributed by atoms with E-state index < -0.39 is 11.7 Å². The number of carbonyl (C=O) groups is 2. The Morgan fingerprint density at radius 2 is 1.93 bits per heavy atom. The van der Waals surface area contributed by atoms with Crippen LogP contribution < -0.4 is 10.9 Å². The number of hydrogen-bond acceptors (Lipinski definition) is 7. The van der Waals surface area contributed by atoms with Crippen LogP contribution in [0.2, 0.25) is 0 Å². The van der Waals surface area contributed by atoms with Crippen molar-refractivity contribution in [3.05, 3.63) is 46.0 Å². The highest BCUT2D eigenvalue weighted by atomic mass is 16.6. The summed E-state index contributed by atoms with van der Waals surface area (Å²) in [6.07, 6.45) is 10.3. The van der Waals surface area contributed by atoms with Crippen molar-refractivity contribution in [1.82, 2.24) is 15.1 Å². The standard InChI is InChI=1S/C32H45N3O6/c1-30-11-8-23(41-29(38)33-14-15-35-17-16-34(3)19-27(35)36)18-22(30)5-6-26-25(30)9-12-31(2)24(10-13-32(26,31)39)21-4-7-28(37)40-20-21/h4,7,18,20,23-26,39H,5-6,8-17,19H2,1-3H3,(H,33,38)/t23-,24+,25-,26+,30-,31+,32-/m0/s1. The zero-order chi connectivity index (χ0) is 29.0. The first-order valence-electron chi connectivity index (χ1n) is 15.5. The molecule has 5 aliphatic rings. The van der Waals surface area contributed by atoms with Crippen molar-refractivity contribution >= 4 is 12.0 Å². The minimum absolute atomic E-state index is 0.00424. The lowest BCUT2D eigenvalue weighted by atomic mass is 9.45. The molecule has 6 rings (SSSR count). The third kappa shape index (κ3) is 4.83. The molecule has 0 radical (unpaired) electrons. The lowest BCUT2D eigenvalue weighted by molar-refractivity contribution is -0.178. The van der Waals surface area contributed by atoms with Gasteiger partial charge in [-0.25, -0.2) is 9.59 Å². The van der Waals surface area contributed by atoms with E-state index in [4.69, 9.17) is 9.15 Å². The smallest absolute Gasteiger partial charge is 0.407 e. The molecule has 3 saturated carbocycles. The Labute approximate surface area is 242 Å². The average Bonchev–Trinajstić information content (AvgIpc) is 3.21. The van der Waals surface area contributed by atoms with Crippen LogP contribution in [0, 0.1) is 22.7 Å². The molecule has 0 unspecified atom stereocenters. The van der Waals surface area contributed by atoms with E-state index >= 15 is 0 Å². The Balaban J connectivity index is 1.09. The molecule has 2 N–H and O–H groups in total. The Hall–Kier alpha value is -2.65. The maximum atomic E-state index is 12.6. The molecule has 0 spiro atoms. The summed E-state index contributed by atoms with van der Waals surface area (Å²) in [4.78, 5) is 40.1. The van der Waals surface area contributed by atoms with Gasteiger partial charge >= 0.3 is 11.7 Å². The highest BCUT2D eigenvalue weighted by Gasteiger charge is 2.66. The van der Waals surface area contributed by atoms with Gasteiger partial charge in [0, 0.05) is 37.7 Å². The summed E-state index contributed by atoms with van der Waals surface area (Å²) in [5, 5.41) is 15.3. The summed E-state index contributed by atoms with van der Waals surface area (Å²) in [6.45, 7) is 7.44. The molecule has 2 heterocycles. The third-order valence-corrected chi connectivity index (χ3v) is 11.8. The molecule has 41 heavy (non-hydrogen) atoms. The van der Waals surface area contributed by atoms with E-state index in [0.717, 1.165) is 63.5 Å². The van der Waals surface area contributed by atoms with Crippen LogP contribution in [0.1, 0.15) is 76.7 Å². The second-order valence-electron chi connectivity index (χ2n) is 13.7. The molecule has 1 aliphatic heterocycles. The molecule has 0 aromatic carbocycles. The molecule has 9 heteroatoms. The molecule has 1 saturated heterocycles. The van der Waals surface area contributed by atoms with Gasteiger partial charge in [-0.3, -0.25) is 9.69 Å². The predicted octanol–water partition coefficient (Wildman–Crippen LogP) is 3.67. The van der Waals surface area contributed by atoms with Crippen molar-refractivity contribution in [2.24, 2.45) is 22.7 Å². The monoisotopic (exact) mass is 567 g/mol. The van der Waals surface area contributed by atoms with E-state index in [-0.39, 0.29) is 40.3 Å². The maximum absolute atomic E-state index is 12.6. The molecule has 2 amide bonds. The van der Waals surface area contributed by atoms with Gasteiger partial charge in [0.25, 0.3) is 0 Å². The number of alkyl carbamates (subject to hydrolysis) is 1. The number of likely N-dealkylation sites (N-methyl/N-ethyl adjacent to an activating group) is 1. The lowest BCUT2D eigenvalue weighted by Gasteiger charge is -2.61. The van der Waals surface area contributed by atoms with E-state index in [9.17, 15) is 19.5 Å². The van der Waals surface area contributed by atoms with E-state index in [0.29, 0.717) is 32.1 Å². The number of amides is 2. The summed E-state index contributed by atoms with van der Waals surface area (Å²) >= 11 is 0. The van der Waals surface area contributed by atoms with E-state index in [1.165, 1.54) is 11.6 Å². The Morgan fingerprint density at radius 1 is 1.10 bits per heavy atom. The Kier molecular flexibility index (Phi) is 7.34. The van der Waals surface area contributed by atoms with Gasteiger partial charge < -0.3 is 24.5 Å². The molecule has 1 aromatic heterocycles. The molecular formula is C32H45N3O6. The summed E-state index contributed by atoms with van der Waals surface area (Å²) < 4.78 is 11.0. The largest absolute Gasteiger partial charge is 0.442 e. The molecule has 4 fully saturated rings. The number of aliphatic hydroxyl groups is 1. The highest BCUT2D eigenvalue weighted by molar-refractivity contribution is 5.79. The third-order valence-electron chi connectivity index (χ3n) is 11.8. The van der Waals surface area contributed by atoms with Gasteiger partial charge in [-0.15, -0.1) is 0 Å². The van der Waals surface area contributed by atoms with Crippen molar-refractivity contribution in [2.45, 2.75) is 82.8 Å². The fourth-order valence-corrected chi connectivity index (χ4v) is 9.40. The second-order valence-corrected chi connectivity index (χ2v) is 13.7. The number of allylic oxidation sites excluding steroid dienone is 1. The van der Waals surface area contributed by atoms with Gasteiger partial charge in [-0.05, 0) is 99.3 Å². The van der Waals surface area contributed by atoms with Crippen LogP contribution in [0.25, 0.3) is 0 Å². The molecule has 7 atom stereocenters. The molecule has 9 nitrogen and oxygen atoms in total. The van der Waals surface area contributed by atoms with E-state index in [1.54, 1.807) is 11.2 Å². The van der Waals surface area contributed by atoms with Crippen LogP contribution in [-0.2, 0) is 9.53 Å². The van der Waals surface area contributed by atoms with Gasteiger partial charge in [-0.1, -0.05) is 19.4 Å². The minimum atomic E-state index is -0.746. The van der Waals surface area contributed by atoms with E-state index in [2.05, 4.69) is 25.2 Å². The predicted molar refractivity (Wildman–Crippen MR) is 153 cm³/mol. The van der Waals surface area contributed by atoms with Gasteiger partial charge in [0.1, 0.15) is 6.10 Å². The number of piperazine rings is 1. The second kappa shape index (κ2) is 10.6. The summed E-state index contributed by atoms with van der Waals surface area (Å²) in [6, 6.07) is 3.38. The zero-order valence-corrected chi connectivity index (χ0v) is 24.7. The van der Waals surface area contributed by atoms with Crippen LogP contribution in [0.5, 0.6) is 0 Å². The van der Waals surface area contributed by atoms with Gasteiger partial charge in [-0.2, -0.15) is 0 Å². The van der Waals surface area contributed by atoms with Gasteiger partial charge in [0.2, 0.25) is 5.91 Å². The quantitative estimate of drug-likeness (QED) is 0.522. The first-order chi connectivity index (χ1) is 19.5. The van der Waals surface area contributed by atoms with Crippen LogP contribution in [0.15, 0.2) is 39.3 Å². The number of nitrogens with one attached hydrogen (secondary N) is 1. The van der Waals surface area contributed by atoms with Crippen molar-refractivity contribution in [2.75, 3.05) is 39.8 Å². The summed E-state index contributed by atoms with van der Waals surface area (Å²) in [7, 11) is 1.94. The van der Waals surface area contributed by atoms with Crippen molar-refractivity contribution < 1.29 is 23.8 Å². The van der Waals surface area contributed by atoms with Crippen LogP contribution >= 0.6 is 0 Å². The molecule has 0 bridgehead atoms. The molecule has 224 valence electrons.